The molecule has 0 aromatic carbocycles. The van der Waals surface area contributed by atoms with E-state index in [0.29, 0.717) is 0 Å². The van der Waals surface area contributed by atoms with E-state index in [1.807, 2.05) is 24.5 Å². The van der Waals surface area contributed by atoms with E-state index in [0.717, 1.165) is 4.47 Å². The Bertz CT molecular complexity index is 301. The summed E-state index contributed by atoms with van der Waals surface area (Å²) in [4.78, 5) is 10.9. The van der Waals surface area contributed by atoms with E-state index in [1.165, 1.54) is 11.9 Å². The summed E-state index contributed by atoms with van der Waals surface area (Å²) < 4.78 is 2.66. The molecule has 4 heteroatoms. The van der Waals surface area contributed by atoms with Crippen LogP contribution in [0.1, 0.15) is 6.92 Å². The van der Waals surface area contributed by atoms with Crippen molar-refractivity contribution in [2.75, 3.05) is 12.1 Å². The molecular weight excluding hydrogens is 220 g/mol. The maximum atomic E-state index is 10.9. The number of hydrogen-bond acceptors (Lipinski definition) is 1. The summed E-state index contributed by atoms with van der Waals surface area (Å²) in [6.07, 6.45) is 3.63. The normalized spacial score (nSPS) is 9.58. The third kappa shape index (κ3) is 2.04. The maximum Gasteiger partial charge on any atom is 0.274 e. The molecule has 0 fully saturated rings. The SMILES string of the molecule is CC(=O)N(C)[n+]1cccc(Br)c1. The van der Waals surface area contributed by atoms with E-state index >= 15 is 0 Å². The smallest absolute Gasteiger partial charge is 0.269 e. The Labute approximate surface area is 79.7 Å². The van der Waals surface area contributed by atoms with Gasteiger partial charge in [0, 0.05) is 13.0 Å². The molecule has 0 saturated carbocycles. The van der Waals surface area contributed by atoms with Gasteiger partial charge in [-0.1, -0.05) is 4.68 Å². The largest absolute Gasteiger partial charge is 0.274 e. The zero-order valence-corrected chi connectivity index (χ0v) is 8.58. The second kappa shape index (κ2) is 3.67. The number of carbonyl (C=O) groups is 1. The lowest BCUT2D eigenvalue weighted by Gasteiger charge is -2.06. The van der Waals surface area contributed by atoms with Crippen LogP contribution in [-0.4, -0.2) is 13.0 Å². The van der Waals surface area contributed by atoms with Crippen molar-refractivity contribution in [2.45, 2.75) is 6.92 Å². The van der Waals surface area contributed by atoms with Gasteiger partial charge in [0.2, 0.25) is 6.20 Å². The maximum absolute atomic E-state index is 10.9. The Balaban J connectivity index is 2.95. The molecule has 0 aliphatic rings. The van der Waals surface area contributed by atoms with Crippen molar-refractivity contribution in [3.05, 3.63) is 29.0 Å². The molecule has 12 heavy (non-hydrogen) atoms. The third-order valence-electron chi connectivity index (χ3n) is 1.55. The molecule has 0 bridgehead atoms. The minimum atomic E-state index is -0.00176. The van der Waals surface area contributed by atoms with E-state index < -0.39 is 0 Å². The summed E-state index contributed by atoms with van der Waals surface area (Å²) >= 11 is 3.32. The highest BCUT2D eigenvalue weighted by Gasteiger charge is 2.11. The van der Waals surface area contributed by atoms with E-state index in [4.69, 9.17) is 0 Å². The zero-order valence-electron chi connectivity index (χ0n) is 6.99. The summed E-state index contributed by atoms with van der Waals surface area (Å²) in [6, 6.07) is 3.77. The number of carbonyl (C=O) groups excluding carboxylic acids is 1. The van der Waals surface area contributed by atoms with Gasteiger partial charge in [0.1, 0.15) is 0 Å². The summed E-state index contributed by atoms with van der Waals surface area (Å²) in [5, 5.41) is 1.52. The Morgan fingerprint density at radius 2 is 2.33 bits per heavy atom. The van der Waals surface area contributed by atoms with Crippen molar-refractivity contribution >= 4 is 21.8 Å². The van der Waals surface area contributed by atoms with Gasteiger partial charge in [-0.25, -0.2) is 0 Å². The van der Waals surface area contributed by atoms with Crippen LogP contribution >= 0.6 is 15.9 Å². The van der Waals surface area contributed by atoms with Gasteiger partial charge in [0.25, 0.3) is 5.91 Å². The number of pyridine rings is 1. The number of rotatable bonds is 1. The van der Waals surface area contributed by atoms with Crippen LogP contribution in [0.4, 0.5) is 0 Å². The first-order chi connectivity index (χ1) is 5.61. The first kappa shape index (κ1) is 9.19. The summed E-state index contributed by atoms with van der Waals surface area (Å²) in [6.45, 7) is 1.52. The molecule has 1 rings (SSSR count). The highest BCUT2D eigenvalue weighted by molar-refractivity contribution is 9.10. The van der Waals surface area contributed by atoms with Crippen molar-refractivity contribution in [1.82, 2.24) is 0 Å². The lowest BCUT2D eigenvalue weighted by molar-refractivity contribution is -0.680. The molecule has 0 unspecified atom stereocenters. The molecule has 1 aromatic rings. The number of hydrogen-bond donors (Lipinski definition) is 0. The molecular formula is C8H10BrN2O+. The topological polar surface area (TPSA) is 24.2 Å². The van der Waals surface area contributed by atoms with Crippen LogP contribution < -0.4 is 9.69 Å². The second-order valence-corrected chi connectivity index (χ2v) is 3.36. The van der Waals surface area contributed by atoms with Gasteiger partial charge in [-0.2, -0.15) is 0 Å². The number of amides is 1. The van der Waals surface area contributed by atoms with E-state index in [9.17, 15) is 4.79 Å². The van der Waals surface area contributed by atoms with E-state index in [2.05, 4.69) is 15.9 Å². The quantitative estimate of drug-likeness (QED) is 0.656. The lowest BCUT2D eigenvalue weighted by atomic mass is 10.5. The highest BCUT2D eigenvalue weighted by Crippen LogP contribution is 2.02. The second-order valence-electron chi connectivity index (χ2n) is 2.44. The van der Waals surface area contributed by atoms with Gasteiger partial charge in [-0.3, -0.25) is 4.79 Å². The van der Waals surface area contributed by atoms with Crippen molar-refractivity contribution in [1.29, 1.82) is 0 Å². The highest BCUT2D eigenvalue weighted by atomic mass is 79.9. The molecule has 3 nitrogen and oxygen atoms in total. The van der Waals surface area contributed by atoms with Crippen LogP contribution in [0.25, 0.3) is 0 Å². The predicted molar refractivity (Wildman–Crippen MR) is 49.2 cm³/mol. The van der Waals surface area contributed by atoms with Gasteiger partial charge >= 0.3 is 0 Å². The number of aromatic nitrogens is 1. The summed E-state index contributed by atoms with van der Waals surface area (Å²) in [7, 11) is 1.72. The summed E-state index contributed by atoms with van der Waals surface area (Å²) in [5.41, 5.74) is 0. The van der Waals surface area contributed by atoms with E-state index in [-0.39, 0.29) is 5.91 Å². The fourth-order valence-electron chi connectivity index (χ4n) is 0.785. The Morgan fingerprint density at radius 1 is 1.67 bits per heavy atom. The first-order valence-corrected chi connectivity index (χ1v) is 4.32. The molecule has 0 N–H and O–H groups in total. The lowest BCUT2D eigenvalue weighted by Crippen LogP contribution is -2.57. The Morgan fingerprint density at radius 3 is 2.83 bits per heavy atom. The van der Waals surface area contributed by atoms with Crippen molar-refractivity contribution in [2.24, 2.45) is 0 Å². The molecule has 0 aliphatic heterocycles. The van der Waals surface area contributed by atoms with Gasteiger partial charge in [-0.15, -0.1) is 5.01 Å². The monoisotopic (exact) mass is 229 g/mol. The molecule has 0 aliphatic carbocycles. The van der Waals surface area contributed by atoms with Crippen LogP contribution in [0.15, 0.2) is 29.0 Å². The molecule has 0 atom stereocenters. The number of halogens is 1. The van der Waals surface area contributed by atoms with Gasteiger partial charge in [0.05, 0.1) is 11.5 Å². The minimum absolute atomic E-state index is 0.00176. The van der Waals surface area contributed by atoms with Crippen LogP contribution in [0.2, 0.25) is 0 Å². The molecule has 0 radical (unpaired) electrons. The Kier molecular flexibility index (Phi) is 2.81. The van der Waals surface area contributed by atoms with Gasteiger partial charge < -0.3 is 0 Å². The molecule has 1 aromatic heterocycles. The van der Waals surface area contributed by atoms with Crippen molar-refractivity contribution in [3.63, 3.8) is 0 Å². The van der Waals surface area contributed by atoms with Gasteiger partial charge in [-0.05, 0) is 22.0 Å². The Hall–Kier alpha value is -0.900. The van der Waals surface area contributed by atoms with Gasteiger partial charge in [0.15, 0.2) is 6.20 Å². The fraction of sp³-hybridized carbons (Fsp3) is 0.250. The molecule has 1 heterocycles. The molecule has 0 saturated heterocycles. The third-order valence-corrected chi connectivity index (χ3v) is 2.02. The predicted octanol–water partition coefficient (Wildman–Crippen LogP) is 0.851. The van der Waals surface area contributed by atoms with Crippen LogP contribution in [0, 0.1) is 0 Å². The minimum Gasteiger partial charge on any atom is -0.269 e. The van der Waals surface area contributed by atoms with E-state index in [1.54, 1.807) is 11.7 Å². The first-order valence-electron chi connectivity index (χ1n) is 3.52. The standard InChI is InChI=1S/C8H10BrN2O/c1-7(12)10(2)11-5-3-4-8(9)6-11/h3-6H,1-2H3/q+1. The van der Waals surface area contributed by atoms with Crippen molar-refractivity contribution in [3.8, 4) is 0 Å². The number of nitrogens with zero attached hydrogens (tertiary/aromatic N) is 2. The fourth-order valence-corrected chi connectivity index (χ4v) is 1.15. The summed E-state index contributed by atoms with van der Waals surface area (Å²) in [5.74, 6) is -0.00176. The molecule has 0 spiro atoms. The average molecular weight is 230 g/mol. The average Bonchev–Trinajstić information content (AvgIpc) is 2.03. The van der Waals surface area contributed by atoms with Crippen LogP contribution in [-0.2, 0) is 4.79 Å². The molecule has 1 amide bonds. The zero-order chi connectivity index (χ0) is 9.14. The van der Waals surface area contributed by atoms with Crippen LogP contribution in [0.5, 0.6) is 0 Å². The molecule has 64 valence electrons. The van der Waals surface area contributed by atoms with Crippen molar-refractivity contribution < 1.29 is 9.47 Å². The van der Waals surface area contributed by atoms with Crippen LogP contribution in [0.3, 0.4) is 0 Å².